The van der Waals surface area contributed by atoms with Gasteiger partial charge in [0.15, 0.2) is 0 Å². The van der Waals surface area contributed by atoms with Crippen molar-refractivity contribution in [1.29, 1.82) is 0 Å². The van der Waals surface area contributed by atoms with Crippen molar-refractivity contribution >= 4 is 22.9 Å². The molecule has 0 saturated carbocycles. The van der Waals surface area contributed by atoms with E-state index >= 15 is 0 Å². The Morgan fingerprint density at radius 3 is 3.10 bits per heavy atom. The Balaban J connectivity index is 2.85. The molecular weight excluding hydrogens is 172 g/mol. The molecule has 0 N–H and O–H groups in total. The van der Waals surface area contributed by atoms with Crippen molar-refractivity contribution in [3.8, 4) is 0 Å². The average molecular weight is 177 g/mol. The second-order valence-corrected chi connectivity index (χ2v) is 3.01. The van der Waals surface area contributed by atoms with E-state index in [9.17, 15) is 4.79 Å². The fraction of sp³-hybridized carbons (Fsp3) is 0.200. The van der Waals surface area contributed by atoms with E-state index in [4.69, 9.17) is 11.6 Å². The fourth-order valence-corrected chi connectivity index (χ4v) is 1.10. The Labute approximate surface area is 66.6 Å². The van der Waals surface area contributed by atoms with Gasteiger partial charge in [0.25, 0.3) is 0 Å². The van der Waals surface area contributed by atoms with E-state index in [1.165, 1.54) is 10.2 Å². The van der Waals surface area contributed by atoms with Crippen LogP contribution in [0.1, 0.15) is 0 Å². The maximum Gasteiger partial charge on any atom is 0.325 e. The molecule has 1 aromatic heterocycles. The monoisotopic (exact) mass is 176 g/mol. The van der Waals surface area contributed by atoms with E-state index in [0.29, 0.717) is 11.6 Å². The van der Waals surface area contributed by atoms with Gasteiger partial charge in [-0.3, -0.25) is 4.79 Å². The largest absolute Gasteiger partial charge is 0.325 e. The van der Waals surface area contributed by atoms with Crippen molar-refractivity contribution in [2.75, 3.05) is 0 Å². The first-order valence-corrected chi connectivity index (χ1v) is 3.80. The first kappa shape index (κ1) is 7.50. The third-order valence-corrected chi connectivity index (χ3v) is 1.60. The zero-order chi connectivity index (χ0) is 7.56. The van der Waals surface area contributed by atoms with Gasteiger partial charge >= 0.3 is 4.87 Å². The predicted molar refractivity (Wildman–Crippen MR) is 41.4 cm³/mol. The molecule has 3 nitrogen and oxygen atoms in total. The predicted octanol–water partition coefficient (Wildman–Crippen LogP) is 1.06. The van der Waals surface area contributed by atoms with E-state index in [1.807, 2.05) is 0 Å². The standard InChI is InChI=1S/C5H5ClN2OS/c1-4(6)2-8-5(9)10-3-7-8/h3H,1-2H2. The molecule has 0 unspecified atom stereocenters. The van der Waals surface area contributed by atoms with Crippen LogP contribution in [0.2, 0.25) is 0 Å². The Bertz CT molecular complexity index is 290. The SMILES string of the molecule is C=C(Cl)Cn1ncsc1=O. The van der Waals surface area contributed by atoms with Crippen LogP contribution in [0.4, 0.5) is 0 Å². The van der Waals surface area contributed by atoms with Crippen LogP contribution in [-0.2, 0) is 6.54 Å². The topological polar surface area (TPSA) is 34.9 Å². The fourth-order valence-electron chi connectivity index (χ4n) is 0.501. The summed E-state index contributed by atoms with van der Waals surface area (Å²) in [5.74, 6) is 0. The molecule has 0 fully saturated rings. The smallest absolute Gasteiger partial charge is 0.255 e. The van der Waals surface area contributed by atoms with Crippen molar-refractivity contribution in [1.82, 2.24) is 9.78 Å². The summed E-state index contributed by atoms with van der Waals surface area (Å²) in [5.41, 5.74) is 1.47. The third kappa shape index (κ3) is 1.68. The summed E-state index contributed by atoms with van der Waals surface area (Å²) in [5, 5.41) is 4.14. The molecule has 0 saturated heterocycles. The van der Waals surface area contributed by atoms with E-state index in [-0.39, 0.29) is 4.87 Å². The maximum atomic E-state index is 10.8. The minimum Gasteiger partial charge on any atom is -0.255 e. The zero-order valence-electron chi connectivity index (χ0n) is 5.08. The molecule has 0 aliphatic carbocycles. The number of rotatable bonds is 2. The molecule has 1 aromatic rings. The van der Waals surface area contributed by atoms with Crippen molar-refractivity contribution in [3.63, 3.8) is 0 Å². The van der Waals surface area contributed by atoms with E-state index < -0.39 is 0 Å². The van der Waals surface area contributed by atoms with Crippen LogP contribution in [0.15, 0.2) is 21.9 Å². The Morgan fingerprint density at radius 1 is 2.00 bits per heavy atom. The average Bonchev–Trinajstić information content (AvgIpc) is 2.15. The molecule has 0 spiro atoms. The first-order chi connectivity index (χ1) is 4.70. The maximum absolute atomic E-state index is 10.8. The lowest BCUT2D eigenvalue weighted by Gasteiger charge is -1.93. The number of hydrogen-bond acceptors (Lipinski definition) is 3. The van der Waals surface area contributed by atoms with E-state index in [0.717, 1.165) is 11.3 Å². The molecule has 5 heteroatoms. The lowest BCUT2D eigenvalue weighted by molar-refractivity contribution is 0.674. The molecule has 1 heterocycles. The van der Waals surface area contributed by atoms with Crippen molar-refractivity contribution in [2.24, 2.45) is 0 Å². The Morgan fingerprint density at radius 2 is 2.70 bits per heavy atom. The van der Waals surface area contributed by atoms with Crippen molar-refractivity contribution in [2.45, 2.75) is 6.54 Å². The molecular formula is C5H5ClN2OS. The summed E-state index contributed by atoms with van der Waals surface area (Å²) in [4.78, 5) is 10.7. The number of nitrogens with zero attached hydrogens (tertiary/aromatic N) is 2. The number of allylic oxidation sites excluding steroid dienone is 1. The number of halogens is 1. The Kier molecular flexibility index (Phi) is 2.24. The zero-order valence-corrected chi connectivity index (χ0v) is 6.65. The number of hydrogen-bond donors (Lipinski definition) is 0. The molecule has 0 atom stereocenters. The lowest BCUT2D eigenvalue weighted by Crippen LogP contribution is -2.14. The summed E-state index contributed by atoms with van der Waals surface area (Å²) in [7, 11) is 0. The van der Waals surface area contributed by atoms with Crippen molar-refractivity contribution in [3.05, 3.63) is 26.8 Å². The molecule has 0 aliphatic rings. The highest BCUT2D eigenvalue weighted by atomic mass is 35.5. The quantitative estimate of drug-likeness (QED) is 0.676. The van der Waals surface area contributed by atoms with Crippen LogP contribution in [0.3, 0.4) is 0 Å². The highest BCUT2D eigenvalue weighted by Crippen LogP contribution is 1.98. The van der Waals surface area contributed by atoms with Gasteiger partial charge in [-0.15, -0.1) is 0 Å². The van der Waals surface area contributed by atoms with Gasteiger partial charge < -0.3 is 0 Å². The van der Waals surface area contributed by atoms with Gasteiger partial charge in [0.1, 0.15) is 5.51 Å². The van der Waals surface area contributed by atoms with Gasteiger partial charge in [0.05, 0.1) is 6.54 Å². The molecule has 1 rings (SSSR count). The molecule has 10 heavy (non-hydrogen) atoms. The summed E-state index contributed by atoms with van der Waals surface area (Å²) in [6.45, 7) is 3.74. The summed E-state index contributed by atoms with van der Waals surface area (Å²) in [6, 6.07) is 0. The van der Waals surface area contributed by atoms with Crippen LogP contribution in [0.25, 0.3) is 0 Å². The van der Waals surface area contributed by atoms with Crippen molar-refractivity contribution < 1.29 is 0 Å². The summed E-state index contributed by atoms with van der Waals surface area (Å²) < 4.78 is 1.26. The van der Waals surface area contributed by atoms with Crippen LogP contribution in [-0.4, -0.2) is 9.78 Å². The molecule has 0 amide bonds. The Hall–Kier alpha value is -0.610. The second-order valence-electron chi connectivity index (χ2n) is 1.68. The van der Waals surface area contributed by atoms with Crippen LogP contribution in [0.5, 0.6) is 0 Å². The molecule has 0 radical (unpaired) electrons. The second kappa shape index (κ2) is 2.98. The van der Waals surface area contributed by atoms with Gasteiger partial charge in [0.2, 0.25) is 0 Å². The molecule has 0 aromatic carbocycles. The van der Waals surface area contributed by atoms with Gasteiger partial charge in [-0.1, -0.05) is 29.5 Å². The van der Waals surface area contributed by atoms with Gasteiger partial charge in [-0.2, -0.15) is 5.10 Å². The molecule has 54 valence electrons. The van der Waals surface area contributed by atoms with Crippen LogP contribution >= 0.6 is 22.9 Å². The summed E-state index contributed by atoms with van der Waals surface area (Å²) >= 11 is 6.49. The van der Waals surface area contributed by atoms with Gasteiger partial charge in [-0.25, -0.2) is 4.68 Å². The highest BCUT2D eigenvalue weighted by Gasteiger charge is 1.97. The van der Waals surface area contributed by atoms with Gasteiger partial charge in [-0.05, 0) is 0 Å². The number of aromatic nitrogens is 2. The van der Waals surface area contributed by atoms with E-state index in [2.05, 4.69) is 11.7 Å². The first-order valence-electron chi connectivity index (χ1n) is 2.54. The van der Waals surface area contributed by atoms with E-state index in [1.54, 1.807) is 0 Å². The van der Waals surface area contributed by atoms with Crippen LogP contribution in [0, 0.1) is 0 Å². The minimum atomic E-state index is -0.109. The third-order valence-electron chi connectivity index (χ3n) is 0.872. The molecule has 0 aliphatic heterocycles. The highest BCUT2D eigenvalue weighted by molar-refractivity contribution is 7.06. The normalized spacial score (nSPS) is 9.70. The van der Waals surface area contributed by atoms with Crippen LogP contribution < -0.4 is 4.87 Å². The molecule has 0 bridgehead atoms. The summed E-state index contributed by atoms with van der Waals surface area (Å²) in [6.07, 6.45) is 0. The lowest BCUT2D eigenvalue weighted by atomic mass is 10.6. The minimum absolute atomic E-state index is 0.109. The van der Waals surface area contributed by atoms with Gasteiger partial charge in [0, 0.05) is 5.03 Å².